The zero-order valence-electron chi connectivity index (χ0n) is 20.0. The summed E-state index contributed by atoms with van der Waals surface area (Å²) in [5, 5.41) is 11.2. The number of morpholine rings is 1. The molecule has 2 aliphatic heterocycles. The van der Waals surface area contributed by atoms with Crippen LogP contribution < -0.4 is 9.47 Å². The summed E-state index contributed by atoms with van der Waals surface area (Å²) in [6, 6.07) is 11.6. The molecule has 8 heteroatoms. The van der Waals surface area contributed by atoms with Crippen LogP contribution in [0.15, 0.2) is 60.7 Å². The van der Waals surface area contributed by atoms with E-state index in [1.807, 2.05) is 18.2 Å². The van der Waals surface area contributed by atoms with E-state index >= 15 is 0 Å². The molecule has 4 rings (SSSR count). The first-order chi connectivity index (χ1) is 17.0. The minimum Gasteiger partial charge on any atom is -0.507 e. The number of methoxy groups -OCH3 is 2. The fourth-order valence-electron chi connectivity index (χ4n) is 4.55. The molecule has 35 heavy (non-hydrogen) atoms. The highest BCUT2D eigenvalue weighted by Crippen LogP contribution is 2.40. The molecule has 1 amide bonds. The predicted octanol–water partition coefficient (Wildman–Crippen LogP) is 3.14. The quantitative estimate of drug-likeness (QED) is 0.270. The van der Waals surface area contributed by atoms with Gasteiger partial charge in [-0.25, -0.2) is 0 Å². The number of rotatable bonds is 8. The van der Waals surface area contributed by atoms with Gasteiger partial charge >= 0.3 is 0 Å². The third-order valence-electron chi connectivity index (χ3n) is 6.35. The molecule has 2 saturated heterocycles. The molecule has 2 aromatic carbocycles. The average molecular weight is 479 g/mol. The van der Waals surface area contributed by atoms with Gasteiger partial charge in [0.25, 0.3) is 11.7 Å². The number of benzene rings is 2. The molecule has 2 aliphatic rings. The van der Waals surface area contributed by atoms with Crippen molar-refractivity contribution >= 4 is 17.4 Å². The molecule has 0 aromatic heterocycles. The Balaban J connectivity index is 1.80. The number of hydrogen-bond acceptors (Lipinski definition) is 7. The first kappa shape index (κ1) is 24.5. The van der Waals surface area contributed by atoms with Gasteiger partial charge in [-0.3, -0.25) is 14.5 Å². The third-order valence-corrected chi connectivity index (χ3v) is 6.35. The van der Waals surface area contributed by atoms with Crippen LogP contribution in [0.5, 0.6) is 11.5 Å². The van der Waals surface area contributed by atoms with Crippen LogP contribution in [0.3, 0.4) is 0 Å². The number of carbonyl (C=O) groups excluding carboxylic acids is 2. The van der Waals surface area contributed by atoms with Crippen molar-refractivity contribution in [2.45, 2.75) is 12.6 Å². The van der Waals surface area contributed by atoms with Crippen LogP contribution in [-0.2, 0) is 20.9 Å². The van der Waals surface area contributed by atoms with Gasteiger partial charge in [0, 0.05) is 37.3 Å². The normalized spacial score (nSPS) is 20.2. The van der Waals surface area contributed by atoms with E-state index in [0.717, 1.165) is 24.4 Å². The molecule has 0 radical (unpaired) electrons. The molecule has 2 aromatic rings. The van der Waals surface area contributed by atoms with Crippen molar-refractivity contribution in [2.75, 3.05) is 47.1 Å². The molecule has 1 unspecified atom stereocenters. The van der Waals surface area contributed by atoms with E-state index in [1.54, 1.807) is 44.6 Å². The van der Waals surface area contributed by atoms with Gasteiger partial charge in [-0.15, -0.1) is 6.58 Å². The molecule has 0 aliphatic carbocycles. The molecule has 2 fully saturated rings. The van der Waals surface area contributed by atoms with Crippen LogP contribution in [0.25, 0.3) is 5.76 Å². The standard InChI is InChI=1S/C27H30N2O6/c1-4-11-29-24(19-7-10-22(34-3)20(16-19)17-28-12-14-35-15-13-28)23(26(31)27(29)32)25(30)18-5-8-21(33-2)9-6-18/h4-10,16,24,30H,1,11-15,17H2,2-3H3. The van der Waals surface area contributed by atoms with Gasteiger partial charge < -0.3 is 24.2 Å². The van der Waals surface area contributed by atoms with Crippen molar-refractivity contribution in [1.82, 2.24) is 9.80 Å². The van der Waals surface area contributed by atoms with Gasteiger partial charge in [0.2, 0.25) is 0 Å². The highest BCUT2D eigenvalue weighted by Gasteiger charge is 2.45. The second-order valence-electron chi connectivity index (χ2n) is 8.43. The average Bonchev–Trinajstić information content (AvgIpc) is 3.14. The number of nitrogens with zero attached hydrogens (tertiary/aromatic N) is 2. The summed E-state index contributed by atoms with van der Waals surface area (Å²) in [7, 11) is 3.17. The number of ketones is 1. The maximum absolute atomic E-state index is 13.1. The molecule has 0 saturated carbocycles. The van der Waals surface area contributed by atoms with Gasteiger partial charge in [-0.05, 0) is 42.0 Å². The van der Waals surface area contributed by atoms with E-state index in [1.165, 1.54) is 4.90 Å². The fourth-order valence-corrected chi connectivity index (χ4v) is 4.55. The molecule has 2 heterocycles. The molecular weight excluding hydrogens is 448 g/mol. The predicted molar refractivity (Wildman–Crippen MR) is 131 cm³/mol. The number of carbonyl (C=O) groups is 2. The number of Topliss-reactive ketones (excluding diaryl/α,β-unsaturated/α-hetero) is 1. The third kappa shape index (κ3) is 4.94. The first-order valence-electron chi connectivity index (χ1n) is 11.5. The summed E-state index contributed by atoms with van der Waals surface area (Å²) >= 11 is 0. The molecular formula is C27H30N2O6. The van der Waals surface area contributed by atoms with Gasteiger partial charge in [0.1, 0.15) is 17.3 Å². The summed E-state index contributed by atoms with van der Waals surface area (Å²) in [5.41, 5.74) is 2.12. The number of hydrogen-bond donors (Lipinski definition) is 1. The Morgan fingerprint density at radius 3 is 2.46 bits per heavy atom. The fraction of sp³-hybridized carbons (Fsp3) is 0.333. The molecule has 8 nitrogen and oxygen atoms in total. The first-order valence-corrected chi connectivity index (χ1v) is 11.5. The van der Waals surface area contributed by atoms with E-state index in [4.69, 9.17) is 14.2 Å². The Labute approximate surface area is 205 Å². The summed E-state index contributed by atoms with van der Waals surface area (Å²) in [6.07, 6.45) is 1.57. The number of aliphatic hydroxyl groups excluding tert-OH is 1. The number of aliphatic hydroxyl groups is 1. The lowest BCUT2D eigenvalue weighted by atomic mass is 9.93. The number of amides is 1. The maximum Gasteiger partial charge on any atom is 0.295 e. The van der Waals surface area contributed by atoms with Crippen LogP contribution in [-0.4, -0.2) is 73.7 Å². The molecule has 0 spiro atoms. The molecule has 1 atom stereocenters. The number of ether oxygens (including phenoxy) is 3. The van der Waals surface area contributed by atoms with Crippen LogP contribution in [0.4, 0.5) is 0 Å². The van der Waals surface area contributed by atoms with E-state index in [0.29, 0.717) is 36.6 Å². The molecule has 1 N–H and O–H groups in total. The van der Waals surface area contributed by atoms with Crippen LogP contribution in [0, 0.1) is 0 Å². The van der Waals surface area contributed by atoms with Gasteiger partial charge in [0.05, 0.1) is 39.0 Å². The highest BCUT2D eigenvalue weighted by molar-refractivity contribution is 6.46. The van der Waals surface area contributed by atoms with Crippen molar-refractivity contribution in [1.29, 1.82) is 0 Å². The Hall–Kier alpha value is -3.62. The zero-order valence-corrected chi connectivity index (χ0v) is 20.0. The summed E-state index contributed by atoms with van der Waals surface area (Å²) in [5.74, 6) is -0.288. The minimum atomic E-state index is -0.760. The lowest BCUT2D eigenvalue weighted by molar-refractivity contribution is -0.139. The monoisotopic (exact) mass is 478 g/mol. The topological polar surface area (TPSA) is 88.5 Å². The summed E-state index contributed by atoms with van der Waals surface area (Å²) in [4.78, 5) is 29.8. The second kappa shape index (κ2) is 10.8. The zero-order chi connectivity index (χ0) is 24.9. The van der Waals surface area contributed by atoms with Gasteiger partial charge in [0.15, 0.2) is 0 Å². The van der Waals surface area contributed by atoms with Crippen molar-refractivity contribution in [3.63, 3.8) is 0 Å². The van der Waals surface area contributed by atoms with E-state index in [9.17, 15) is 14.7 Å². The van der Waals surface area contributed by atoms with Crippen molar-refractivity contribution < 1.29 is 28.9 Å². The SMILES string of the molecule is C=CCN1C(=O)C(=O)C(=C(O)c2ccc(OC)cc2)C1c1ccc(OC)c(CN2CCOCC2)c1. The van der Waals surface area contributed by atoms with Crippen molar-refractivity contribution in [2.24, 2.45) is 0 Å². The Bertz CT molecular complexity index is 1130. The Kier molecular flexibility index (Phi) is 7.53. The second-order valence-corrected chi connectivity index (χ2v) is 8.43. The van der Waals surface area contributed by atoms with E-state index in [2.05, 4.69) is 11.5 Å². The van der Waals surface area contributed by atoms with Gasteiger partial charge in [-0.1, -0.05) is 12.1 Å². The summed E-state index contributed by atoms with van der Waals surface area (Å²) in [6.45, 7) is 7.50. The van der Waals surface area contributed by atoms with Crippen LogP contribution >= 0.6 is 0 Å². The maximum atomic E-state index is 13.1. The number of likely N-dealkylation sites (tertiary alicyclic amines) is 1. The minimum absolute atomic E-state index is 0.0458. The Morgan fingerprint density at radius 1 is 1.11 bits per heavy atom. The molecule has 184 valence electrons. The van der Waals surface area contributed by atoms with Crippen LogP contribution in [0.1, 0.15) is 22.7 Å². The molecule has 0 bridgehead atoms. The van der Waals surface area contributed by atoms with Crippen LogP contribution in [0.2, 0.25) is 0 Å². The smallest absolute Gasteiger partial charge is 0.295 e. The largest absolute Gasteiger partial charge is 0.507 e. The van der Waals surface area contributed by atoms with E-state index in [-0.39, 0.29) is 17.9 Å². The summed E-state index contributed by atoms with van der Waals surface area (Å²) < 4.78 is 16.2. The lowest BCUT2D eigenvalue weighted by Crippen LogP contribution is -2.35. The van der Waals surface area contributed by atoms with Crippen molar-refractivity contribution in [3.8, 4) is 11.5 Å². The highest BCUT2D eigenvalue weighted by atomic mass is 16.5. The lowest BCUT2D eigenvalue weighted by Gasteiger charge is -2.28. The Morgan fingerprint density at radius 2 is 1.83 bits per heavy atom. The van der Waals surface area contributed by atoms with Gasteiger partial charge in [-0.2, -0.15) is 0 Å². The van der Waals surface area contributed by atoms with E-state index < -0.39 is 17.7 Å². The van der Waals surface area contributed by atoms with Crippen molar-refractivity contribution in [3.05, 3.63) is 77.4 Å².